The topological polar surface area (TPSA) is 47.3 Å². The van der Waals surface area contributed by atoms with Gasteiger partial charge in [-0.15, -0.1) is 0 Å². The molecule has 0 aliphatic carbocycles. The molecule has 0 aromatic rings. The molecular formula is C11H24N2OS. The summed E-state index contributed by atoms with van der Waals surface area (Å²) in [5.74, 6) is 2.36. The fourth-order valence-corrected chi connectivity index (χ4v) is 3.86. The standard InChI is InChI=1S/C11H24N2OS/c1-10(2)4-7-15-9-11(10,8-12)13-5-6-14-3/h13H,4-9,12H2,1-3H3. The van der Waals surface area contributed by atoms with Crippen LogP contribution in [0.2, 0.25) is 0 Å². The Labute approximate surface area is 97.5 Å². The summed E-state index contributed by atoms with van der Waals surface area (Å²) < 4.78 is 5.08. The maximum atomic E-state index is 5.98. The number of nitrogens with two attached hydrogens (primary N) is 1. The molecule has 1 aliphatic heterocycles. The van der Waals surface area contributed by atoms with E-state index in [1.165, 1.54) is 12.2 Å². The third kappa shape index (κ3) is 2.87. The Hall–Kier alpha value is 0.230. The van der Waals surface area contributed by atoms with Gasteiger partial charge >= 0.3 is 0 Å². The second kappa shape index (κ2) is 5.53. The van der Waals surface area contributed by atoms with Crippen molar-refractivity contribution >= 4 is 11.8 Å². The van der Waals surface area contributed by atoms with Crippen LogP contribution >= 0.6 is 11.8 Å². The first-order valence-corrected chi connectivity index (χ1v) is 6.75. The summed E-state index contributed by atoms with van der Waals surface area (Å²) in [6.45, 7) is 6.98. The molecule has 1 heterocycles. The van der Waals surface area contributed by atoms with Gasteiger partial charge < -0.3 is 15.8 Å². The Kier molecular flexibility index (Phi) is 4.90. The highest BCUT2D eigenvalue weighted by Crippen LogP contribution is 2.41. The van der Waals surface area contributed by atoms with Gasteiger partial charge in [-0.2, -0.15) is 11.8 Å². The summed E-state index contributed by atoms with van der Waals surface area (Å²) >= 11 is 2.00. The number of nitrogens with one attached hydrogen (secondary N) is 1. The summed E-state index contributed by atoms with van der Waals surface area (Å²) in [6.07, 6.45) is 1.23. The van der Waals surface area contributed by atoms with Crippen LogP contribution in [0.5, 0.6) is 0 Å². The zero-order valence-corrected chi connectivity index (χ0v) is 11.0. The first-order valence-electron chi connectivity index (χ1n) is 5.60. The third-order valence-electron chi connectivity index (χ3n) is 3.63. The Bertz CT molecular complexity index is 199. The first kappa shape index (κ1) is 13.3. The lowest BCUT2D eigenvalue weighted by molar-refractivity contribution is 0.118. The van der Waals surface area contributed by atoms with Crippen LogP contribution in [0.4, 0.5) is 0 Å². The van der Waals surface area contributed by atoms with Gasteiger partial charge in [-0.3, -0.25) is 0 Å². The van der Waals surface area contributed by atoms with Crippen molar-refractivity contribution in [3.63, 3.8) is 0 Å². The number of thioether (sulfide) groups is 1. The average Bonchev–Trinajstić information content (AvgIpc) is 2.21. The van der Waals surface area contributed by atoms with Crippen molar-refractivity contribution in [2.24, 2.45) is 11.1 Å². The molecule has 3 nitrogen and oxygen atoms in total. The smallest absolute Gasteiger partial charge is 0.0587 e. The van der Waals surface area contributed by atoms with E-state index in [-0.39, 0.29) is 11.0 Å². The Morgan fingerprint density at radius 1 is 1.47 bits per heavy atom. The Morgan fingerprint density at radius 2 is 2.20 bits per heavy atom. The molecule has 90 valence electrons. The monoisotopic (exact) mass is 232 g/mol. The van der Waals surface area contributed by atoms with Gasteiger partial charge in [-0.1, -0.05) is 13.8 Å². The minimum absolute atomic E-state index is 0.0778. The molecule has 1 rings (SSSR count). The van der Waals surface area contributed by atoms with Crippen LogP contribution in [0, 0.1) is 5.41 Å². The number of hydrogen-bond acceptors (Lipinski definition) is 4. The van der Waals surface area contributed by atoms with Gasteiger partial charge in [0.1, 0.15) is 0 Å². The van der Waals surface area contributed by atoms with Gasteiger partial charge in [-0.25, -0.2) is 0 Å². The van der Waals surface area contributed by atoms with Crippen molar-refractivity contribution in [3.8, 4) is 0 Å². The molecule has 0 radical (unpaired) electrons. The maximum Gasteiger partial charge on any atom is 0.0587 e. The van der Waals surface area contributed by atoms with E-state index in [1.807, 2.05) is 11.8 Å². The highest BCUT2D eigenvalue weighted by Gasteiger charge is 2.45. The number of methoxy groups -OCH3 is 1. The van der Waals surface area contributed by atoms with Crippen molar-refractivity contribution < 1.29 is 4.74 Å². The summed E-state index contributed by atoms with van der Waals surface area (Å²) in [7, 11) is 1.73. The molecular weight excluding hydrogens is 208 g/mol. The van der Waals surface area contributed by atoms with Crippen LogP contribution in [0.15, 0.2) is 0 Å². The summed E-state index contributed by atoms with van der Waals surface area (Å²) in [6, 6.07) is 0. The van der Waals surface area contributed by atoms with E-state index < -0.39 is 0 Å². The van der Waals surface area contributed by atoms with Gasteiger partial charge in [0.15, 0.2) is 0 Å². The van der Waals surface area contributed by atoms with Gasteiger partial charge in [0, 0.05) is 31.5 Å². The van der Waals surface area contributed by atoms with E-state index in [4.69, 9.17) is 10.5 Å². The predicted octanol–water partition coefficient (Wildman–Crippen LogP) is 1.08. The molecule has 1 aliphatic rings. The SMILES string of the molecule is COCCNC1(CN)CSCCC1(C)C. The lowest BCUT2D eigenvalue weighted by atomic mass is 9.71. The van der Waals surface area contributed by atoms with E-state index in [2.05, 4.69) is 19.2 Å². The average molecular weight is 232 g/mol. The van der Waals surface area contributed by atoms with Crippen LogP contribution in [0.1, 0.15) is 20.3 Å². The normalized spacial score (nSPS) is 30.4. The van der Waals surface area contributed by atoms with Gasteiger partial charge in [0.2, 0.25) is 0 Å². The Balaban J connectivity index is 2.63. The second-order valence-corrected chi connectivity index (χ2v) is 6.00. The minimum Gasteiger partial charge on any atom is -0.383 e. The van der Waals surface area contributed by atoms with E-state index in [9.17, 15) is 0 Å². The summed E-state index contributed by atoms with van der Waals surface area (Å²) in [5.41, 5.74) is 6.34. The molecule has 0 aromatic carbocycles. The lowest BCUT2D eigenvalue weighted by Gasteiger charge is -2.50. The zero-order valence-electron chi connectivity index (χ0n) is 10.1. The van der Waals surface area contributed by atoms with Crippen molar-refractivity contribution in [1.29, 1.82) is 0 Å². The molecule has 3 N–H and O–H groups in total. The molecule has 15 heavy (non-hydrogen) atoms. The molecule has 0 saturated carbocycles. The van der Waals surface area contributed by atoms with Gasteiger partial charge in [0.05, 0.1) is 6.61 Å². The van der Waals surface area contributed by atoms with Crippen LogP contribution in [-0.2, 0) is 4.74 Å². The fourth-order valence-electron chi connectivity index (χ4n) is 2.10. The highest BCUT2D eigenvalue weighted by molar-refractivity contribution is 7.99. The minimum atomic E-state index is 0.0778. The molecule has 1 fully saturated rings. The van der Waals surface area contributed by atoms with E-state index in [0.717, 1.165) is 18.9 Å². The summed E-state index contributed by atoms with van der Waals surface area (Å²) in [4.78, 5) is 0. The molecule has 1 unspecified atom stereocenters. The van der Waals surface area contributed by atoms with Gasteiger partial charge in [0.25, 0.3) is 0 Å². The molecule has 4 heteroatoms. The van der Waals surface area contributed by atoms with Gasteiger partial charge in [-0.05, 0) is 17.6 Å². The first-order chi connectivity index (χ1) is 7.08. The van der Waals surface area contributed by atoms with E-state index in [1.54, 1.807) is 7.11 Å². The number of hydrogen-bond donors (Lipinski definition) is 2. The molecule has 0 spiro atoms. The van der Waals surface area contributed by atoms with Crippen LogP contribution < -0.4 is 11.1 Å². The largest absolute Gasteiger partial charge is 0.383 e. The van der Waals surface area contributed by atoms with Crippen molar-refractivity contribution in [2.45, 2.75) is 25.8 Å². The van der Waals surface area contributed by atoms with Crippen LogP contribution in [-0.4, -0.2) is 43.9 Å². The predicted molar refractivity (Wildman–Crippen MR) is 67.4 cm³/mol. The van der Waals surface area contributed by atoms with Crippen LogP contribution in [0.25, 0.3) is 0 Å². The summed E-state index contributed by atoms with van der Waals surface area (Å²) in [5, 5.41) is 3.61. The van der Waals surface area contributed by atoms with Crippen molar-refractivity contribution in [1.82, 2.24) is 5.32 Å². The third-order valence-corrected chi connectivity index (χ3v) is 4.82. The fraction of sp³-hybridized carbons (Fsp3) is 1.00. The van der Waals surface area contributed by atoms with E-state index in [0.29, 0.717) is 6.54 Å². The quantitative estimate of drug-likeness (QED) is 0.697. The molecule has 1 saturated heterocycles. The van der Waals surface area contributed by atoms with Crippen molar-refractivity contribution in [3.05, 3.63) is 0 Å². The molecule has 1 atom stereocenters. The number of rotatable bonds is 5. The van der Waals surface area contributed by atoms with Crippen molar-refractivity contribution in [2.75, 3.05) is 38.3 Å². The molecule has 0 bridgehead atoms. The van der Waals surface area contributed by atoms with Crippen LogP contribution in [0.3, 0.4) is 0 Å². The highest BCUT2D eigenvalue weighted by atomic mass is 32.2. The Morgan fingerprint density at radius 3 is 2.73 bits per heavy atom. The lowest BCUT2D eigenvalue weighted by Crippen LogP contribution is -2.64. The zero-order chi connectivity index (χ0) is 11.4. The second-order valence-electron chi connectivity index (χ2n) is 4.89. The maximum absolute atomic E-state index is 5.98. The molecule has 0 amide bonds. The van der Waals surface area contributed by atoms with E-state index >= 15 is 0 Å². The number of ether oxygens (including phenoxy) is 1. The molecule has 0 aromatic heterocycles.